The highest BCUT2D eigenvalue weighted by Gasteiger charge is 2.51. The Kier molecular flexibility index (Phi) is 8.80. The zero-order chi connectivity index (χ0) is 31.3. The summed E-state index contributed by atoms with van der Waals surface area (Å²) in [4.78, 5) is 45.4. The molecule has 0 bridgehead atoms. The number of hydrogen-bond acceptors (Lipinski definition) is 9. The highest BCUT2D eigenvalue weighted by molar-refractivity contribution is 5.92. The van der Waals surface area contributed by atoms with E-state index in [2.05, 4.69) is 40.2 Å². The van der Waals surface area contributed by atoms with E-state index in [-0.39, 0.29) is 56.2 Å². The number of nitrogens with one attached hydrogen (secondary N) is 3. The molecule has 13 nitrogen and oxygen atoms in total. The first-order valence-corrected chi connectivity index (χ1v) is 15.0. The second-order valence-corrected chi connectivity index (χ2v) is 11.2. The third kappa shape index (κ3) is 6.40. The summed E-state index contributed by atoms with van der Waals surface area (Å²) in [6.07, 6.45) is 8.63. The molecule has 0 saturated carbocycles. The van der Waals surface area contributed by atoms with Crippen LogP contribution in [0.1, 0.15) is 24.0 Å². The number of aromatic hydroxyl groups is 1. The van der Waals surface area contributed by atoms with E-state index in [1.165, 1.54) is 0 Å². The van der Waals surface area contributed by atoms with E-state index in [9.17, 15) is 19.5 Å². The fourth-order valence-electron chi connectivity index (χ4n) is 6.19. The van der Waals surface area contributed by atoms with E-state index >= 15 is 0 Å². The van der Waals surface area contributed by atoms with Gasteiger partial charge in [0.15, 0.2) is 0 Å². The first-order chi connectivity index (χ1) is 21.9. The summed E-state index contributed by atoms with van der Waals surface area (Å²) in [5.41, 5.74) is 9.22. The molecule has 2 saturated heterocycles. The highest BCUT2D eigenvalue weighted by Crippen LogP contribution is 2.31. The van der Waals surface area contributed by atoms with Gasteiger partial charge in [-0.15, -0.1) is 12.1 Å². The Morgan fingerprint density at radius 1 is 1.07 bits per heavy atom. The number of phenolic OH excluding ortho intramolecular Hbond substituents is 1. The van der Waals surface area contributed by atoms with Crippen molar-refractivity contribution in [2.24, 2.45) is 5.10 Å². The first kappa shape index (κ1) is 29.9. The van der Waals surface area contributed by atoms with E-state index in [0.29, 0.717) is 6.54 Å². The maximum atomic E-state index is 14.3. The van der Waals surface area contributed by atoms with Gasteiger partial charge in [-0.3, -0.25) is 9.59 Å². The van der Waals surface area contributed by atoms with Crippen molar-refractivity contribution >= 4 is 24.2 Å². The number of allylic oxidation sites excluding steroid dienone is 2. The molecule has 45 heavy (non-hydrogen) atoms. The fourth-order valence-corrected chi connectivity index (χ4v) is 6.19. The highest BCUT2D eigenvalue weighted by atomic mass is 16.3. The van der Waals surface area contributed by atoms with Crippen LogP contribution < -0.4 is 16.4 Å². The van der Waals surface area contributed by atoms with Crippen LogP contribution in [0.2, 0.25) is 0 Å². The largest absolute Gasteiger partial charge is 0.508 e. The van der Waals surface area contributed by atoms with Crippen LogP contribution in [0.15, 0.2) is 95.8 Å². The van der Waals surface area contributed by atoms with Gasteiger partial charge in [-0.25, -0.2) is 25.4 Å². The van der Waals surface area contributed by atoms with Gasteiger partial charge in [0.25, 0.3) is 0 Å². The van der Waals surface area contributed by atoms with Crippen LogP contribution in [-0.4, -0.2) is 92.5 Å². The topological polar surface area (TPSA) is 136 Å². The molecule has 4 amide bonds. The van der Waals surface area contributed by atoms with E-state index in [1.807, 2.05) is 30.3 Å². The number of hydrazone groups is 1. The lowest BCUT2D eigenvalue weighted by molar-refractivity contribution is -0.188. The minimum absolute atomic E-state index is 0.0777. The van der Waals surface area contributed by atoms with Gasteiger partial charge in [-0.05, 0) is 41.7 Å². The Bertz CT molecular complexity index is 1520. The maximum Gasteiger partial charge on any atom is 0.334 e. The van der Waals surface area contributed by atoms with Crippen LogP contribution >= 0.6 is 0 Å². The van der Waals surface area contributed by atoms with Gasteiger partial charge >= 0.3 is 6.03 Å². The smallest absolute Gasteiger partial charge is 0.334 e. The number of rotatable bonds is 9. The summed E-state index contributed by atoms with van der Waals surface area (Å²) < 4.78 is 0. The number of piperazine rings is 1. The number of nitrogens with zero attached hydrogens (tertiary/aromatic N) is 6. The standard InChI is InChI=1S/C32H37N9O4/c1-2-16-38-21-30(43)40-28(17-23-12-14-26(42)15-13-23)31(44)37(19-25-10-6-7-11-27(25)39-22-34-35-36-39)20-29(40)41(38)32(45)33-18-24-8-4-3-5-9-24/h2-5,8-15,22,28-29,35-36,42H,1,6-7,16-21H2,(H,33,45)/t28-,29-/m0/s1. The summed E-state index contributed by atoms with van der Waals surface area (Å²) in [6, 6.07) is 15.0. The van der Waals surface area contributed by atoms with Crippen LogP contribution in [0.3, 0.4) is 0 Å². The monoisotopic (exact) mass is 611 g/mol. The van der Waals surface area contributed by atoms with Crippen LogP contribution in [0, 0.1) is 0 Å². The molecule has 13 heteroatoms. The van der Waals surface area contributed by atoms with Gasteiger partial charge in [0.05, 0.1) is 18.8 Å². The molecule has 3 heterocycles. The van der Waals surface area contributed by atoms with Gasteiger partial charge in [0.2, 0.25) is 11.8 Å². The maximum absolute atomic E-state index is 14.3. The average Bonchev–Trinajstić information content (AvgIpc) is 3.59. The lowest BCUT2D eigenvalue weighted by Gasteiger charge is -2.55. The van der Waals surface area contributed by atoms with Crippen molar-refractivity contribution in [3.63, 3.8) is 0 Å². The molecule has 4 N–H and O–H groups in total. The summed E-state index contributed by atoms with van der Waals surface area (Å²) in [7, 11) is 0. The zero-order valence-electron chi connectivity index (χ0n) is 24.9. The number of urea groups is 1. The summed E-state index contributed by atoms with van der Waals surface area (Å²) in [6.45, 7) is 4.75. The van der Waals surface area contributed by atoms with E-state index in [4.69, 9.17) is 0 Å². The zero-order valence-corrected chi connectivity index (χ0v) is 24.9. The summed E-state index contributed by atoms with van der Waals surface area (Å²) >= 11 is 0. The molecule has 6 rings (SSSR count). The quantitative estimate of drug-likeness (QED) is 0.316. The Hall–Kier alpha value is -5.14. The lowest BCUT2D eigenvalue weighted by Crippen LogP contribution is -2.76. The van der Waals surface area contributed by atoms with Crippen molar-refractivity contribution in [3.8, 4) is 5.75 Å². The average molecular weight is 612 g/mol. The Balaban J connectivity index is 1.33. The van der Waals surface area contributed by atoms with Crippen LogP contribution in [-0.2, 0) is 22.6 Å². The summed E-state index contributed by atoms with van der Waals surface area (Å²) in [5, 5.41) is 21.9. The fraction of sp³-hybridized carbons (Fsp3) is 0.312. The number of carbonyl (C=O) groups is 3. The number of phenols is 1. The molecular formula is C32H37N9O4. The van der Waals surface area contributed by atoms with Crippen LogP contribution in [0.4, 0.5) is 4.79 Å². The van der Waals surface area contributed by atoms with Gasteiger partial charge < -0.3 is 20.2 Å². The molecule has 234 valence electrons. The number of amides is 4. The molecule has 2 atom stereocenters. The van der Waals surface area contributed by atoms with E-state index in [0.717, 1.165) is 35.2 Å². The van der Waals surface area contributed by atoms with Crippen molar-refractivity contribution in [1.29, 1.82) is 0 Å². The molecule has 0 aromatic heterocycles. The molecule has 0 radical (unpaired) electrons. The third-order valence-electron chi connectivity index (χ3n) is 8.28. The second-order valence-electron chi connectivity index (χ2n) is 11.2. The molecule has 0 unspecified atom stereocenters. The van der Waals surface area contributed by atoms with Crippen LogP contribution in [0.25, 0.3) is 0 Å². The van der Waals surface area contributed by atoms with Crippen molar-refractivity contribution in [2.45, 2.75) is 38.0 Å². The number of carbonyl (C=O) groups excluding carboxylic acids is 3. The molecule has 1 aliphatic carbocycles. The van der Waals surface area contributed by atoms with Crippen molar-refractivity contribution in [1.82, 2.24) is 41.2 Å². The molecule has 2 aromatic rings. The number of fused-ring (bicyclic) bond motifs is 1. The van der Waals surface area contributed by atoms with Gasteiger partial charge in [-0.1, -0.05) is 60.7 Å². The second kappa shape index (κ2) is 13.2. The molecule has 3 aliphatic heterocycles. The number of hydrogen-bond donors (Lipinski definition) is 4. The van der Waals surface area contributed by atoms with Gasteiger partial charge in [0.1, 0.15) is 24.3 Å². The SMILES string of the molecule is C=CCN1CC(=O)N2[C@@H](Cc3ccc(O)cc3)C(=O)N(CC3=CCCC=C3N3C=NNN3)C[C@@H]2N1C(=O)NCc1ccccc1. The number of hydrazine groups is 3. The minimum Gasteiger partial charge on any atom is -0.508 e. The Morgan fingerprint density at radius 3 is 2.58 bits per heavy atom. The van der Waals surface area contributed by atoms with Gasteiger partial charge in [-0.2, -0.15) is 5.10 Å². The molecular weight excluding hydrogens is 574 g/mol. The molecule has 0 spiro atoms. The predicted octanol–water partition coefficient (Wildman–Crippen LogP) is 1.80. The first-order valence-electron chi connectivity index (χ1n) is 15.0. The molecule has 2 fully saturated rings. The lowest BCUT2D eigenvalue weighted by atomic mass is 9.97. The minimum atomic E-state index is -0.860. The van der Waals surface area contributed by atoms with Crippen molar-refractivity contribution < 1.29 is 19.5 Å². The normalized spacial score (nSPS) is 21.7. The molecule has 4 aliphatic rings. The molecule has 2 aromatic carbocycles. The van der Waals surface area contributed by atoms with Crippen LogP contribution in [0.5, 0.6) is 5.75 Å². The Morgan fingerprint density at radius 2 is 1.84 bits per heavy atom. The van der Waals surface area contributed by atoms with Gasteiger partial charge in [0, 0.05) is 26.1 Å². The van der Waals surface area contributed by atoms with Crippen molar-refractivity contribution in [2.75, 3.05) is 26.2 Å². The number of benzene rings is 2. The van der Waals surface area contributed by atoms with E-state index < -0.39 is 12.2 Å². The Labute approximate surface area is 261 Å². The third-order valence-corrected chi connectivity index (χ3v) is 8.28. The van der Waals surface area contributed by atoms with Crippen molar-refractivity contribution in [3.05, 3.63) is 102 Å². The van der Waals surface area contributed by atoms with E-state index in [1.54, 1.807) is 61.5 Å². The summed E-state index contributed by atoms with van der Waals surface area (Å²) in [5.74, 6) is -0.339. The predicted molar refractivity (Wildman–Crippen MR) is 167 cm³/mol.